The number of amides is 1. The average Bonchev–Trinajstić information content (AvgIpc) is 2.16. The zero-order valence-electron chi connectivity index (χ0n) is 8.47. The van der Waals surface area contributed by atoms with Gasteiger partial charge in [0, 0.05) is 12.3 Å². The lowest BCUT2D eigenvalue weighted by molar-refractivity contribution is -0.384. The molecule has 0 bridgehead atoms. The number of nitrogens with zero attached hydrogens (tertiary/aromatic N) is 2. The second-order valence-electron chi connectivity index (χ2n) is 3.08. The van der Waals surface area contributed by atoms with Gasteiger partial charge in [0.25, 0.3) is 5.69 Å². The molecule has 1 rings (SSSR count). The van der Waals surface area contributed by atoms with Crippen LogP contribution in [0.15, 0.2) is 18.3 Å². The zero-order valence-corrected chi connectivity index (χ0v) is 8.47. The predicted molar refractivity (Wildman–Crippen MR) is 54.8 cm³/mol. The topological polar surface area (TPSA) is 102 Å². The summed E-state index contributed by atoms with van der Waals surface area (Å²) in [6.45, 7) is 1.28. The van der Waals surface area contributed by atoms with Gasteiger partial charge in [-0.25, -0.2) is 4.98 Å². The van der Waals surface area contributed by atoms with Gasteiger partial charge in [0.05, 0.1) is 17.4 Å². The van der Waals surface area contributed by atoms with Crippen LogP contribution in [0.25, 0.3) is 0 Å². The number of hydrogen-bond acceptors (Lipinski definition) is 5. The van der Waals surface area contributed by atoms with E-state index in [9.17, 15) is 19.7 Å². The van der Waals surface area contributed by atoms with Crippen LogP contribution in [-0.2, 0) is 9.59 Å². The minimum absolute atomic E-state index is 0.0560. The van der Waals surface area contributed by atoms with Crippen molar-refractivity contribution in [2.24, 2.45) is 0 Å². The second-order valence-corrected chi connectivity index (χ2v) is 3.08. The lowest BCUT2D eigenvalue weighted by Crippen LogP contribution is -2.15. The molecule has 0 aliphatic heterocycles. The van der Waals surface area contributed by atoms with Gasteiger partial charge in [0.2, 0.25) is 5.91 Å². The third-order valence-electron chi connectivity index (χ3n) is 1.63. The highest BCUT2D eigenvalue weighted by Gasteiger charge is 2.10. The molecule has 0 aliphatic rings. The van der Waals surface area contributed by atoms with E-state index in [1.54, 1.807) is 0 Å². The maximum atomic E-state index is 11.2. The molecule has 1 aromatic heterocycles. The van der Waals surface area contributed by atoms with E-state index >= 15 is 0 Å². The summed E-state index contributed by atoms with van der Waals surface area (Å²) in [7, 11) is 0. The van der Waals surface area contributed by atoms with Gasteiger partial charge in [-0.05, 0) is 6.92 Å². The number of nitrogens with one attached hydrogen (secondary N) is 1. The summed E-state index contributed by atoms with van der Waals surface area (Å²) >= 11 is 0. The molecule has 0 saturated heterocycles. The van der Waals surface area contributed by atoms with Crippen LogP contribution in [0.1, 0.15) is 13.3 Å². The molecule has 1 aromatic rings. The Balaban J connectivity index is 2.74. The highest BCUT2D eigenvalue weighted by Crippen LogP contribution is 2.14. The summed E-state index contributed by atoms with van der Waals surface area (Å²) in [6, 6.07) is 2.33. The number of carbonyl (C=O) groups excluding carboxylic acids is 2. The summed E-state index contributed by atoms with van der Waals surface area (Å²) in [5.74, 6) is -0.774. The third kappa shape index (κ3) is 3.45. The van der Waals surface area contributed by atoms with Crippen molar-refractivity contribution in [2.45, 2.75) is 13.3 Å². The number of anilines is 1. The van der Waals surface area contributed by atoms with Crippen LogP contribution in [0.3, 0.4) is 0 Å². The number of hydrogen-bond donors (Lipinski definition) is 1. The van der Waals surface area contributed by atoms with Crippen molar-refractivity contribution < 1.29 is 14.5 Å². The van der Waals surface area contributed by atoms with E-state index in [1.807, 2.05) is 0 Å². The molecule has 84 valence electrons. The summed E-state index contributed by atoms with van der Waals surface area (Å²) in [4.78, 5) is 35.3. The highest BCUT2D eigenvalue weighted by atomic mass is 16.6. The highest BCUT2D eigenvalue weighted by molar-refractivity contribution is 6.03. The van der Waals surface area contributed by atoms with Crippen molar-refractivity contribution in [3.63, 3.8) is 0 Å². The minimum Gasteiger partial charge on any atom is -0.310 e. The number of aromatic nitrogens is 1. The molecule has 1 amide bonds. The smallest absolute Gasteiger partial charge is 0.274 e. The van der Waals surface area contributed by atoms with Crippen molar-refractivity contribution in [1.29, 1.82) is 0 Å². The van der Waals surface area contributed by atoms with E-state index in [-0.39, 0.29) is 23.7 Å². The molecular weight excluding hydrogens is 214 g/mol. The molecule has 0 saturated carbocycles. The quantitative estimate of drug-likeness (QED) is 0.464. The molecule has 0 spiro atoms. The normalized spacial score (nSPS) is 9.56. The molecule has 7 heteroatoms. The SMILES string of the molecule is CC(=O)CC(=O)Nc1cc([N+](=O)[O-])ccn1. The van der Waals surface area contributed by atoms with Gasteiger partial charge in [0.1, 0.15) is 11.6 Å². The fraction of sp³-hybridized carbons (Fsp3) is 0.222. The van der Waals surface area contributed by atoms with E-state index in [0.717, 1.165) is 6.07 Å². The Morgan fingerprint density at radius 2 is 2.25 bits per heavy atom. The number of carbonyl (C=O) groups is 2. The van der Waals surface area contributed by atoms with E-state index in [0.29, 0.717) is 0 Å². The largest absolute Gasteiger partial charge is 0.310 e. The van der Waals surface area contributed by atoms with Crippen molar-refractivity contribution in [3.05, 3.63) is 28.4 Å². The summed E-state index contributed by atoms with van der Waals surface area (Å²) in [5, 5.41) is 12.7. The van der Waals surface area contributed by atoms with Gasteiger partial charge >= 0.3 is 0 Å². The van der Waals surface area contributed by atoms with Crippen LogP contribution < -0.4 is 5.32 Å². The summed E-state index contributed by atoms with van der Waals surface area (Å²) in [6.07, 6.45) is 0.936. The van der Waals surface area contributed by atoms with Crippen LogP contribution in [0.2, 0.25) is 0 Å². The molecule has 7 nitrogen and oxygen atoms in total. The fourth-order valence-corrected chi connectivity index (χ4v) is 1.01. The first-order valence-corrected chi connectivity index (χ1v) is 4.39. The Bertz CT molecular complexity index is 444. The van der Waals surface area contributed by atoms with Crippen molar-refractivity contribution in [2.75, 3.05) is 5.32 Å². The number of pyridine rings is 1. The minimum atomic E-state index is -0.595. The average molecular weight is 223 g/mol. The van der Waals surface area contributed by atoms with Gasteiger partial charge in [-0.3, -0.25) is 19.7 Å². The molecule has 0 unspecified atom stereocenters. The van der Waals surface area contributed by atoms with Crippen molar-refractivity contribution >= 4 is 23.2 Å². The maximum absolute atomic E-state index is 11.2. The second kappa shape index (κ2) is 4.96. The van der Waals surface area contributed by atoms with Crippen LogP contribution in [0, 0.1) is 10.1 Å². The van der Waals surface area contributed by atoms with Gasteiger partial charge in [-0.2, -0.15) is 0 Å². The van der Waals surface area contributed by atoms with Crippen molar-refractivity contribution in [3.8, 4) is 0 Å². The Morgan fingerprint density at radius 1 is 1.56 bits per heavy atom. The Kier molecular flexibility index (Phi) is 3.65. The number of rotatable bonds is 4. The molecule has 0 radical (unpaired) electrons. The van der Waals surface area contributed by atoms with E-state index < -0.39 is 10.8 Å². The van der Waals surface area contributed by atoms with Gasteiger partial charge in [-0.1, -0.05) is 0 Å². The first-order valence-electron chi connectivity index (χ1n) is 4.39. The maximum Gasteiger partial charge on any atom is 0.274 e. The van der Waals surface area contributed by atoms with Gasteiger partial charge in [-0.15, -0.1) is 0 Å². The Hall–Kier alpha value is -2.31. The molecular formula is C9H9N3O4. The Labute approximate surface area is 90.6 Å². The number of nitro groups is 1. The zero-order chi connectivity index (χ0) is 12.1. The first-order chi connectivity index (χ1) is 7.49. The van der Waals surface area contributed by atoms with Gasteiger partial charge < -0.3 is 5.32 Å². The molecule has 0 fully saturated rings. The molecule has 1 N–H and O–H groups in total. The van der Waals surface area contributed by atoms with Gasteiger partial charge in [0.15, 0.2) is 0 Å². The molecule has 0 atom stereocenters. The third-order valence-corrected chi connectivity index (χ3v) is 1.63. The molecule has 0 aliphatic carbocycles. The van der Waals surface area contributed by atoms with Crippen LogP contribution >= 0.6 is 0 Å². The molecule has 1 heterocycles. The first kappa shape index (κ1) is 11.8. The van der Waals surface area contributed by atoms with E-state index in [2.05, 4.69) is 10.3 Å². The summed E-state index contributed by atoms with van der Waals surface area (Å²) in [5.41, 5.74) is -0.173. The Morgan fingerprint density at radius 3 is 2.81 bits per heavy atom. The molecule has 0 aromatic carbocycles. The van der Waals surface area contributed by atoms with Crippen LogP contribution in [0.4, 0.5) is 11.5 Å². The lowest BCUT2D eigenvalue weighted by atomic mass is 10.3. The van der Waals surface area contributed by atoms with E-state index in [1.165, 1.54) is 19.2 Å². The summed E-state index contributed by atoms with van der Waals surface area (Å²) < 4.78 is 0. The van der Waals surface area contributed by atoms with Crippen LogP contribution in [-0.4, -0.2) is 21.6 Å². The monoisotopic (exact) mass is 223 g/mol. The lowest BCUT2D eigenvalue weighted by Gasteiger charge is -2.01. The fourth-order valence-electron chi connectivity index (χ4n) is 1.01. The number of ketones is 1. The van der Waals surface area contributed by atoms with Crippen molar-refractivity contribution in [1.82, 2.24) is 4.98 Å². The standard InChI is InChI=1S/C9H9N3O4/c1-6(13)4-9(14)11-8-5-7(12(15)16)2-3-10-8/h2-3,5H,4H2,1H3,(H,10,11,14). The molecule has 16 heavy (non-hydrogen) atoms. The predicted octanol–water partition coefficient (Wildman–Crippen LogP) is 0.907. The number of Topliss-reactive ketones (excluding diaryl/α,β-unsaturated/α-hetero) is 1. The van der Waals surface area contributed by atoms with E-state index in [4.69, 9.17) is 0 Å². The van der Waals surface area contributed by atoms with Crippen LogP contribution in [0.5, 0.6) is 0 Å².